The predicted molar refractivity (Wildman–Crippen MR) is 73.5 cm³/mol. The maximum absolute atomic E-state index is 9.91. The van der Waals surface area contributed by atoms with Crippen LogP contribution >= 0.6 is 23.2 Å². The molecule has 0 bridgehead atoms. The highest BCUT2D eigenvalue weighted by Crippen LogP contribution is 2.11. The van der Waals surface area contributed by atoms with E-state index in [0.29, 0.717) is 16.5 Å². The van der Waals surface area contributed by atoms with Gasteiger partial charge in [-0.1, -0.05) is 23.2 Å². The van der Waals surface area contributed by atoms with Gasteiger partial charge in [-0.25, -0.2) is 20.1 Å². The quantitative estimate of drug-likeness (QED) is 0.501. The van der Waals surface area contributed by atoms with Gasteiger partial charge < -0.3 is 5.73 Å². The Morgan fingerprint density at radius 3 is 2.16 bits per heavy atom. The van der Waals surface area contributed by atoms with Crippen molar-refractivity contribution >= 4 is 34.6 Å². The van der Waals surface area contributed by atoms with E-state index in [4.69, 9.17) is 28.9 Å². The summed E-state index contributed by atoms with van der Waals surface area (Å²) >= 11 is 10.9. The average Bonchev–Trinajstić information content (AvgIpc) is 2.28. The smallest absolute Gasteiger partial charge is 0.162 e. The van der Waals surface area contributed by atoms with Crippen LogP contribution in [0.25, 0.3) is 0 Å². The maximum atomic E-state index is 9.91. The predicted octanol–water partition coefficient (Wildman–Crippen LogP) is 2.66. The number of anilines is 2. The second kappa shape index (κ2) is 7.34. The molecule has 2 heterocycles. The van der Waals surface area contributed by atoms with Gasteiger partial charge in [0, 0.05) is 24.1 Å². The Kier molecular flexibility index (Phi) is 5.77. The highest BCUT2D eigenvalue weighted by atomic mass is 35.5. The first-order chi connectivity index (χ1) is 8.97. The molecule has 0 unspecified atom stereocenters. The molecule has 0 saturated carbocycles. The minimum Gasteiger partial charge on any atom is -0.399 e. The van der Waals surface area contributed by atoms with Crippen molar-refractivity contribution in [2.45, 2.75) is 0 Å². The number of halogens is 2. The summed E-state index contributed by atoms with van der Waals surface area (Å²) in [4.78, 5) is 17.3. The number of hydrogen-bond donors (Lipinski definition) is 2. The molecule has 0 fully saturated rings. The molecule has 9 heteroatoms. The standard InChI is InChI=1S/C5H4ClN3O2.C5H5ClN2/c6-5-3-4(1-2-7-5)8-9(10)11;6-5-3-4(7)1-2-8-5/h1-3H,(H,7,8);1-3H,(H2,7,8). The molecule has 2 rings (SSSR count). The van der Waals surface area contributed by atoms with Crippen molar-refractivity contribution in [1.29, 1.82) is 0 Å². The van der Waals surface area contributed by atoms with Crippen molar-refractivity contribution in [2.24, 2.45) is 0 Å². The van der Waals surface area contributed by atoms with Crippen molar-refractivity contribution in [2.75, 3.05) is 11.2 Å². The van der Waals surface area contributed by atoms with E-state index in [1.54, 1.807) is 18.3 Å². The van der Waals surface area contributed by atoms with Gasteiger partial charge in [0.25, 0.3) is 0 Å². The lowest BCUT2D eigenvalue weighted by Gasteiger charge is -1.94. The van der Waals surface area contributed by atoms with Gasteiger partial charge in [0.2, 0.25) is 0 Å². The lowest BCUT2D eigenvalue weighted by atomic mass is 10.4. The molecule has 7 nitrogen and oxygen atoms in total. The van der Waals surface area contributed by atoms with E-state index in [0.717, 1.165) is 0 Å². The number of nitrogens with one attached hydrogen (secondary N) is 1. The molecule has 0 amide bonds. The summed E-state index contributed by atoms with van der Waals surface area (Å²) in [7, 11) is 0. The minimum atomic E-state index is -0.661. The van der Waals surface area contributed by atoms with Crippen LogP contribution in [0.4, 0.5) is 11.4 Å². The van der Waals surface area contributed by atoms with Crippen LogP contribution in [-0.2, 0) is 0 Å². The van der Waals surface area contributed by atoms with Crippen LogP contribution < -0.4 is 11.2 Å². The molecule has 3 N–H and O–H groups in total. The molecule has 0 aromatic carbocycles. The number of nitrogens with two attached hydrogens (primary N) is 1. The van der Waals surface area contributed by atoms with Gasteiger partial charge in [0.05, 0.1) is 0 Å². The topological polar surface area (TPSA) is 107 Å². The number of pyridine rings is 2. The van der Waals surface area contributed by atoms with E-state index in [1.807, 2.05) is 5.43 Å². The van der Waals surface area contributed by atoms with E-state index < -0.39 is 5.03 Å². The molecule has 2 aromatic rings. The lowest BCUT2D eigenvalue weighted by Crippen LogP contribution is -2.07. The molecule has 19 heavy (non-hydrogen) atoms. The average molecular weight is 302 g/mol. The van der Waals surface area contributed by atoms with Gasteiger partial charge in [-0.05, 0) is 18.2 Å². The monoisotopic (exact) mass is 301 g/mol. The lowest BCUT2D eigenvalue weighted by molar-refractivity contribution is -0.445. The molecule has 0 atom stereocenters. The molecule has 0 spiro atoms. The van der Waals surface area contributed by atoms with E-state index in [2.05, 4.69) is 9.97 Å². The summed E-state index contributed by atoms with van der Waals surface area (Å²) in [6.45, 7) is 0. The molecule has 0 aliphatic heterocycles. The van der Waals surface area contributed by atoms with Crippen molar-refractivity contribution in [3.63, 3.8) is 0 Å². The van der Waals surface area contributed by atoms with E-state index >= 15 is 0 Å². The molecule has 2 aromatic heterocycles. The first kappa shape index (κ1) is 14.9. The van der Waals surface area contributed by atoms with Crippen molar-refractivity contribution in [3.05, 3.63) is 57.1 Å². The van der Waals surface area contributed by atoms with E-state index in [9.17, 15) is 10.1 Å². The molecule has 0 aliphatic rings. The third-order valence-corrected chi connectivity index (χ3v) is 2.11. The van der Waals surface area contributed by atoms with E-state index in [1.165, 1.54) is 18.3 Å². The molecular formula is C10H9Cl2N5O2. The first-order valence-electron chi connectivity index (χ1n) is 4.87. The second-order valence-corrected chi connectivity index (χ2v) is 3.92. The Morgan fingerprint density at radius 1 is 1.16 bits per heavy atom. The molecule has 0 saturated heterocycles. The summed E-state index contributed by atoms with van der Waals surface area (Å²) in [6, 6.07) is 6.10. The van der Waals surface area contributed by atoms with Crippen LogP contribution in [0.2, 0.25) is 10.3 Å². The van der Waals surface area contributed by atoms with Crippen LogP contribution in [0.3, 0.4) is 0 Å². The Bertz CT molecular complexity index is 550. The van der Waals surface area contributed by atoms with Crippen LogP contribution in [0, 0.1) is 10.1 Å². The Morgan fingerprint density at radius 2 is 1.74 bits per heavy atom. The maximum Gasteiger partial charge on any atom is 0.162 e. The number of nitrogens with zero attached hydrogens (tertiary/aromatic N) is 3. The zero-order chi connectivity index (χ0) is 14.3. The van der Waals surface area contributed by atoms with Gasteiger partial charge in [0.15, 0.2) is 5.03 Å². The normalized spacial score (nSPS) is 9.16. The first-order valence-corrected chi connectivity index (χ1v) is 5.62. The fraction of sp³-hybridized carbons (Fsp3) is 0. The van der Waals surface area contributed by atoms with Crippen molar-refractivity contribution < 1.29 is 5.03 Å². The number of rotatable bonds is 2. The highest BCUT2D eigenvalue weighted by Gasteiger charge is 1.98. The van der Waals surface area contributed by atoms with Gasteiger partial charge in [-0.3, -0.25) is 0 Å². The number of hydrogen-bond acceptors (Lipinski definition) is 5. The number of nitrogen functional groups attached to an aromatic ring is 1. The van der Waals surface area contributed by atoms with Crippen molar-refractivity contribution in [3.8, 4) is 0 Å². The van der Waals surface area contributed by atoms with Gasteiger partial charge in [0.1, 0.15) is 16.0 Å². The molecule has 0 aliphatic carbocycles. The third kappa shape index (κ3) is 6.39. The van der Waals surface area contributed by atoms with Crippen LogP contribution in [-0.4, -0.2) is 15.0 Å². The van der Waals surface area contributed by atoms with Crippen LogP contribution in [0.5, 0.6) is 0 Å². The summed E-state index contributed by atoms with van der Waals surface area (Å²) in [6.07, 6.45) is 2.95. The third-order valence-electron chi connectivity index (χ3n) is 1.70. The second-order valence-electron chi connectivity index (χ2n) is 3.15. The fourth-order valence-electron chi connectivity index (χ4n) is 0.995. The molecule has 0 radical (unpaired) electrons. The zero-order valence-corrected chi connectivity index (χ0v) is 11.0. The molecule has 100 valence electrons. The highest BCUT2D eigenvalue weighted by molar-refractivity contribution is 6.29. The SMILES string of the molecule is Nc1ccnc(Cl)c1.O=[N+]([O-])Nc1ccnc(Cl)c1. The Hall–Kier alpha value is -2.12. The zero-order valence-electron chi connectivity index (χ0n) is 9.46. The number of nitro groups is 1. The van der Waals surface area contributed by atoms with Crippen LogP contribution in [0.1, 0.15) is 0 Å². The Balaban J connectivity index is 0.000000200. The fourth-order valence-corrected chi connectivity index (χ4v) is 1.35. The summed E-state index contributed by atoms with van der Waals surface area (Å²) in [5.74, 6) is 0. The number of hydrazine groups is 1. The molecular weight excluding hydrogens is 293 g/mol. The van der Waals surface area contributed by atoms with Crippen molar-refractivity contribution in [1.82, 2.24) is 9.97 Å². The minimum absolute atomic E-state index is 0.219. The summed E-state index contributed by atoms with van der Waals surface area (Å²) in [5, 5.41) is 9.90. The van der Waals surface area contributed by atoms with Crippen LogP contribution in [0.15, 0.2) is 36.7 Å². The summed E-state index contributed by atoms with van der Waals surface area (Å²) in [5.41, 5.74) is 8.24. The summed E-state index contributed by atoms with van der Waals surface area (Å²) < 4.78 is 0. The Labute approximate surface area is 118 Å². The largest absolute Gasteiger partial charge is 0.399 e. The number of aromatic nitrogens is 2. The van der Waals surface area contributed by atoms with Gasteiger partial charge >= 0.3 is 0 Å². The van der Waals surface area contributed by atoms with E-state index in [-0.39, 0.29) is 5.15 Å². The van der Waals surface area contributed by atoms with Gasteiger partial charge in [-0.15, -0.1) is 5.43 Å². The van der Waals surface area contributed by atoms with Gasteiger partial charge in [-0.2, -0.15) is 0 Å².